The van der Waals surface area contributed by atoms with Gasteiger partial charge in [-0.3, -0.25) is 0 Å². The fraction of sp³-hybridized carbons (Fsp3) is 1.00. The monoisotopic (exact) mass is 200 g/mol. The summed E-state index contributed by atoms with van der Waals surface area (Å²) >= 11 is 0. The van der Waals surface area contributed by atoms with Crippen molar-refractivity contribution in [2.45, 2.75) is 38.3 Å². The lowest BCUT2D eigenvalue weighted by molar-refractivity contribution is 0.113. The molecule has 0 aromatic carbocycles. The minimum absolute atomic E-state index is 0.406. The Labute approximate surface area is 87.8 Å². The van der Waals surface area contributed by atoms with Gasteiger partial charge in [0.25, 0.3) is 0 Å². The Morgan fingerprint density at radius 1 is 1.36 bits per heavy atom. The Bertz CT molecular complexity index is 150. The van der Waals surface area contributed by atoms with Gasteiger partial charge in [0.2, 0.25) is 0 Å². The highest BCUT2D eigenvalue weighted by molar-refractivity contribution is 4.78. The Hall–Kier alpha value is -0.120. The Morgan fingerprint density at radius 3 is 2.71 bits per heavy atom. The van der Waals surface area contributed by atoms with E-state index in [1.54, 1.807) is 0 Å². The SMILES string of the molecule is CC1OCCC1NCCCCN(C)C. The van der Waals surface area contributed by atoms with Gasteiger partial charge in [-0.25, -0.2) is 0 Å². The molecule has 0 aliphatic carbocycles. The van der Waals surface area contributed by atoms with Crippen molar-refractivity contribution >= 4 is 0 Å². The third-order valence-electron chi connectivity index (χ3n) is 2.81. The van der Waals surface area contributed by atoms with Crippen LogP contribution in [0.25, 0.3) is 0 Å². The normalized spacial score (nSPS) is 27.4. The summed E-state index contributed by atoms with van der Waals surface area (Å²) in [6.45, 7) is 5.41. The maximum atomic E-state index is 5.49. The lowest BCUT2D eigenvalue weighted by Gasteiger charge is -2.16. The molecule has 3 heteroatoms. The van der Waals surface area contributed by atoms with Crippen LogP contribution in [0.15, 0.2) is 0 Å². The van der Waals surface area contributed by atoms with Crippen molar-refractivity contribution in [3.63, 3.8) is 0 Å². The molecule has 1 aliphatic rings. The summed E-state index contributed by atoms with van der Waals surface area (Å²) in [7, 11) is 4.25. The smallest absolute Gasteiger partial charge is 0.0700 e. The summed E-state index contributed by atoms with van der Waals surface area (Å²) in [6.07, 6.45) is 4.13. The van der Waals surface area contributed by atoms with E-state index < -0.39 is 0 Å². The van der Waals surface area contributed by atoms with Crippen LogP contribution in [0.3, 0.4) is 0 Å². The van der Waals surface area contributed by atoms with Crippen LogP contribution >= 0.6 is 0 Å². The molecule has 3 nitrogen and oxygen atoms in total. The fourth-order valence-corrected chi connectivity index (χ4v) is 1.84. The molecule has 1 N–H and O–H groups in total. The topological polar surface area (TPSA) is 24.5 Å². The molecule has 0 aromatic heterocycles. The molecule has 0 aromatic rings. The number of hydrogen-bond donors (Lipinski definition) is 1. The standard InChI is InChI=1S/C11H24N2O/c1-10-11(6-9-14-10)12-7-4-5-8-13(2)3/h10-12H,4-9H2,1-3H3. The van der Waals surface area contributed by atoms with Crippen molar-refractivity contribution in [2.75, 3.05) is 33.8 Å². The second-order valence-corrected chi connectivity index (χ2v) is 4.44. The van der Waals surface area contributed by atoms with E-state index in [1.807, 2.05) is 0 Å². The van der Waals surface area contributed by atoms with Crippen LogP contribution in [-0.2, 0) is 4.74 Å². The Kier molecular flexibility index (Phi) is 5.45. The van der Waals surface area contributed by atoms with Crippen molar-refractivity contribution in [1.82, 2.24) is 10.2 Å². The number of nitrogens with one attached hydrogen (secondary N) is 1. The highest BCUT2D eigenvalue weighted by atomic mass is 16.5. The highest BCUT2D eigenvalue weighted by Gasteiger charge is 2.22. The van der Waals surface area contributed by atoms with Crippen LogP contribution in [0.1, 0.15) is 26.2 Å². The van der Waals surface area contributed by atoms with Gasteiger partial charge in [0.15, 0.2) is 0 Å². The predicted molar refractivity (Wildman–Crippen MR) is 59.6 cm³/mol. The molecule has 1 fully saturated rings. The number of hydrogen-bond acceptors (Lipinski definition) is 3. The number of ether oxygens (including phenoxy) is 1. The van der Waals surface area contributed by atoms with Gasteiger partial charge in [-0.15, -0.1) is 0 Å². The lowest BCUT2D eigenvalue weighted by atomic mass is 10.1. The number of unbranched alkanes of at least 4 members (excludes halogenated alkanes) is 1. The first-order valence-corrected chi connectivity index (χ1v) is 5.70. The molecule has 1 saturated heterocycles. The van der Waals surface area contributed by atoms with Crippen molar-refractivity contribution in [2.24, 2.45) is 0 Å². The quantitative estimate of drug-likeness (QED) is 0.650. The van der Waals surface area contributed by atoms with Crippen LogP contribution in [0, 0.1) is 0 Å². The summed E-state index contributed by atoms with van der Waals surface area (Å²) in [5, 5.41) is 3.56. The van der Waals surface area contributed by atoms with Crippen molar-refractivity contribution in [3.05, 3.63) is 0 Å². The maximum absolute atomic E-state index is 5.49. The van der Waals surface area contributed by atoms with Crippen molar-refractivity contribution in [3.8, 4) is 0 Å². The second-order valence-electron chi connectivity index (χ2n) is 4.44. The van der Waals surface area contributed by atoms with Gasteiger partial charge in [0, 0.05) is 12.6 Å². The van der Waals surface area contributed by atoms with E-state index in [-0.39, 0.29) is 0 Å². The molecule has 2 unspecified atom stereocenters. The largest absolute Gasteiger partial charge is 0.377 e. The molecule has 14 heavy (non-hydrogen) atoms. The fourth-order valence-electron chi connectivity index (χ4n) is 1.84. The second kappa shape index (κ2) is 6.38. The van der Waals surface area contributed by atoms with Crippen LogP contribution < -0.4 is 5.32 Å². The van der Waals surface area contributed by atoms with Gasteiger partial charge < -0.3 is 15.0 Å². The van der Waals surface area contributed by atoms with Crippen LogP contribution in [0.5, 0.6) is 0 Å². The average molecular weight is 200 g/mol. The summed E-state index contributed by atoms with van der Waals surface area (Å²) in [4.78, 5) is 2.24. The van der Waals surface area contributed by atoms with E-state index in [2.05, 4.69) is 31.2 Å². The summed E-state index contributed by atoms with van der Waals surface area (Å²) in [5.41, 5.74) is 0. The van der Waals surface area contributed by atoms with Crippen molar-refractivity contribution < 1.29 is 4.74 Å². The Morgan fingerprint density at radius 2 is 2.14 bits per heavy atom. The zero-order valence-electron chi connectivity index (χ0n) is 9.75. The van der Waals surface area contributed by atoms with Gasteiger partial charge in [-0.1, -0.05) is 0 Å². The highest BCUT2D eigenvalue weighted by Crippen LogP contribution is 2.12. The van der Waals surface area contributed by atoms with Gasteiger partial charge in [0.05, 0.1) is 6.10 Å². The van der Waals surface area contributed by atoms with E-state index in [1.165, 1.54) is 25.8 Å². The lowest BCUT2D eigenvalue weighted by Crippen LogP contribution is -2.35. The molecule has 0 saturated carbocycles. The van der Waals surface area contributed by atoms with Gasteiger partial charge in [-0.05, 0) is 53.4 Å². The molecule has 0 bridgehead atoms. The summed E-state index contributed by atoms with van der Waals surface area (Å²) in [5.74, 6) is 0. The maximum Gasteiger partial charge on any atom is 0.0700 e. The van der Waals surface area contributed by atoms with Crippen LogP contribution in [-0.4, -0.2) is 50.8 Å². The molecule has 0 radical (unpaired) electrons. The van der Waals surface area contributed by atoms with E-state index in [0.29, 0.717) is 12.1 Å². The molecule has 2 atom stereocenters. The van der Waals surface area contributed by atoms with E-state index >= 15 is 0 Å². The minimum atomic E-state index is 0.406. The van der Waals surface area contributed by atoms with E-state index in [0.717, 1.165) is 13.2 Å². The van der Waals surface area contributed by atoms with Gasteiger partial charge in [-0.2, -0.15) is 0 Å². The third-order valence-corrected chi connectivity index (χ3v) is 2.81. The molecular formula is C11H24N2O. The molecule has 1 aliphatic heterocycles. The van der Waals surface area contributed by atoms with E-state index in [9.17, 15) is 0 Å². The van der Waals surface area contributed by atoms with Crippen LogP contribution in [0.2, 0.25) is 0 Å². The molecule has 1 rings (SSSR count). The van der Waals surface area contributed by atoms with Gasteiger partial charge in [0.1, 0.15) is 0 Å². The third kappa shape index (κ3) is 4.40. The average Bonchev–Trinajstić information content (AvgIpc) is 2.51. The minimum Gasteiger partial charge on any atom is -0.377 e. The van der Waals surface area contributed by atoms with E-state index in [4.69, 9.17) is 4.74 Å². The first kappa shape index (κ1) is 12.0. The molecule has 0 amide bonds. The molecule has 84 valence electrons. The Balaban J connectivity index is 1.93. The molecule has 1 heterocycles. The number of rotatable bonds is 6. The predicted octanol–water partition coefficient (Wildman–Crippen LogP) is 1.10. The zero-order chi connectivity index (χ0) is 10.4. The van der Waals surface area contributed by atoms with Crippen LogP contribution in [0.4, 0.5) is 0 Å². The molecular weight excluding hydrogens is 176 g/mol. The summed E-state index contributed by atoms with van der Waals surface area (Å²) < 4.78 is 5.49. The number of nitrogens with zero attached hydrogens (tertiary/aromatic N) is 1. The molecule has 0 spiro atoms. The van der Waals surface area contributed by atoms with Gasteiger partial charge >= 0.3 is 0 Å². The van der Waals surface area contributed by atoms with Crippen molar-refractivity contribution in [1.29, 1.82) is 0 Å². The zero-order valence-corrected chi connectivity index (χ0v) is 9.75. The summed E-state index contributed by atoms with van der Waals surface area (Å²) in [6, 6.07) is 0.592. The first-order valence-electron chi connectivity index (χ1n) is 5.70. The first-order chi connectivity index (χ1) is 6.70.